The lowest BCUT2D eigenvalue weighted by Gasteiger charge is -2.40. The number of aromatic nitrogens is 2. The second-order valence-corrected chi connectivity index (χ2v) is 8.02. The number of likely N-dealkylation sites (N-methyl/N-ethyl adjacent to an activating group) is 1. The van der Waals surface area contributed by atoms with Gasteiger partial charge in [-0.25, -0.2) is 4.39 Å². The maximum absolute atomic E-state index is 15.2. The molecule has 1 aromatic heterocycles. The van der Waals surface area contributed by atoms with Crippen LogP contribution in [0.15, 0.2) is 59.3 Å². The van der Waals surface area contributed by atoms with Gasteiger partial charge < -0.3 is 23.9 Å². The van der Waals surface area contributed by atoms with Crippen LogP contribution < -0.4 is 9.64 Å². The third-order valence-electron chi connectivity index (χ3n) is 5.81. The number of ether oxygens (including phenoxy) is 1. The summed E-state index contributed by atoms with van der Waals surface area (Å²) in [6.45, 7) is 7.89. The highest BCUT2D eigenvalue weighted by Crippen LogP contribution is 2.33. The van der Waals surface area contributed by atoms with Crippen LogP contribution in [0, 0.1) is 5.82 Å². The average Bonchev–Trinajstić information content (AvgIpc) is 3.34. The number of benzene rings is 2. The van der Waals surface area contributed by atoms with E-state index in [1.54, 1.807) is 19.2 Å². The van der Waals surface area contributed by atoms with Crippen LogP contribution in [0.4, 0.5) is 18.9 Å². The molecule has 1 aliphatic heterocycles. The van der Waals surface area contributed by atoms with Crippen molar-refractivity contribution >= 4 is 5.69 Å². The molecule has 0 bridgehead atoms. The molecule has 0 N–H and O–H groups in total. The van der Waals surface area contributed by atoms with Gasteiger partial charge in [0.15, 0.2) is 0 Å². The summed E-state index contributed by atoms with van der Waals surface area (Å²) >= 11 is 0. The molecular formula is C24H26F3N5O2. The first kappa shape index (κ1) is 23.6. The normalized spacial score (nSPS) is 14.5. The lowest BCUT2D eigenvalue weighted by molar-refractivity contribution is 0.116. The SMILES string of the molecule is C=C(N1CCN(C)CC1)N(Cc1ccc(-c2nnc(C(F)F)o2)cc1F)c1ccccc1OC. The zero-order valence-corrected chi connectivity index (χ0v) is 19.0. The standard InChI is InChI=1S/C24H26F3N5O2/c1-16(31-12-10-30(2)11-13-31)32(20-6-4-5-7-21(20)33-3)15-18-9-8-17(14-19(18)25)23-28-29-24(34-23)22(26)27/h4-9,14,22H,1,10-13,15H2,2-3H3. The van der Waals surface area contributed by atoms with Crippen molar-refractivity contribution in [2.24, 2.45) is 0 Å². The Bertz CT molecular complexity index is 1150. The van der Waals surface area contributed by atoms with Gasteiger partial charge in [0.05, 0.1) is 19.3 Å². The fourth-order valence-electron chi connectivity index (χ4n) is 3.82. The van der Waals surface area contributed by atoms with Gasteiger partial charge in [0.25, 0.3) is 5.89 Å². The van der Waals surface area contributed by atoms with Gasteiger partial charge in [-0.3, -0.25) is 0 Å². The molecule has 10 heteroatoms. The maximum Gasteiger partial charge on any atom is 0.314 e. The zero-order chi connectivity index (χ0) is 24.2. The molecule has 1 aliphatic rings. The average molecular weight is 473 g/mol. The Labute approximate surface area is 196 Å². The number of para-hydroxylation sites is 2. The van der Waals surface area contributed by atoms with Crippen LogP contribution in [-0.2, 0) is 6.54 Å². The van der Waals surface area contributed by atoms with E-state index in [4.69, 9.17) is 9.15 Å². The number of nitrogens with zero attached hydrogens (tertiary/aromatic N) is 5. The van der Waals surface area contributed by atoms with E-state index in [1.165, 1.54) is 6.07 Å². The van der Waals surface area contributed by atoms with Crippen molar-refractivity contribution in [2.45, 2.75) is 13.0 Å². The van der Waals surface area contributed by atoms with Gasteiger partial charge in [-0.2, -0.15) is 8.78 Å². The van der Waals surface area contributed by atoms with E-state index in [9.17, 15) is 8.78 Å². The van der Waals surface area contributed by atoms with Crippen LogP contribution >= 0.6 is 0 Å². The largest absolute Gasteiger partial charge is 0.495 e. The molecule has 7 nitrogen and oxygen atoms in total. The molecule has 0 atom stereocenters. The Kier molecular flexibility index (Phi) is 7.06. The molecule has 3 aromatic rings. The van der Waals surface area contributed by atoms with Crippen molar-refractivity contribution in [1.82, 2.24) is 20.0 Å². The number of rotatable bonds is 8. The fourth-order valence-corrected chi connectivity index (χ4v) is 3.82. The Morgan fingerprint density at radius 1 is 1.15 bits per heavy atom. The van der Waals surface area contributed by atoms with Crippen LogP contribution in [-0.4, -0.2) is 60.3 Å². The molecule has 180 valence electrons. The van der Waals surface area contributed by atoms with E-state index in [0.717, 1.165) is 37.7 Å². The van der Waals surface area contributed by atoms with E-state index >= 15 is 4.39 Å². The third-order valence-corrected chi connectivity index (χ3v) is 5.81. The summed E-state index contributed by atoms with van der Waals surface area (Å²) in [5.41, 5.74) is 1.37. The zero-order valence-electron chi connectivity index (χ0n) is 19.0. The summed E-state index contributed by atoms with van der Waals surface area (Å²) in [6.07, 6.45) is -2.89. The monoisotopic (exact) mass is 473 g/mol. The van der Waals surface area contributed by atoms with Gasteiger partial charge in [-0.15, -0.1) is 10.2 Å². The highest BCUT2D eigenvalue weighted by atomic mass is 19.3. The summed E-state index contributed by atoms with van der Waals surface area (Å²) < 4.78 is 51.2. The first-order chi connectivity index (χ1) is 16.4. The Morgan fingerprint density at radius 3 is 2.53 bits per heavy atom. The number of hydrogen-bond donors (Lipinski definition) is 0. The van der Waals surface area contributed by atoms with Gasteiger partial charge >= 0.3 is 6.43 Å². The molecular weight excluding hydrogens is 447 g/mol. The number of methoxy groups -OCH3 is 1. The lowest BCUT2D eigenvalue weighted by atomic mass is 10.1. The molecule has 0 unspecified atom stereocenters. The highest BCUT2D eigenvalue weighted by molar-refractivity contribution is 5.62. The minimum absolute atomic E-state index is 0.163. The van der Waals surface area contributed by atoms with E-state index in [2.05, 4.69) is 33.6 Å². The lowest BCUT2D eigenvalue weighted by Crippen LogP contribution is -2.47. The van der Waals surface area contributed by atoms with Gasteiger partial charge in [-0.05, 0) is 31.3 Å². The number of hydrogen-bond acceptors (Lipinski definition) is 7. The summed E-state index contributed by atoms with van der Waals surface area (Å²) in [5, 5.41) is 6.89. The first-order valence-corrected chi connectivity index (χ1v) is 10.8. The molecule has 0 spiro atoms. The molecule has 34 heavy (non-hydrogen) atoms. The topological polar surface area (TPSA) is 57.9 Å². The molecule has 2 heterocycles. The van der Waals surface area contributed by atoms with Crippen molar-refractivity contribution in [2.75, 3.05) is 45.2 Å². The molecule has 4 rings (SSSR count). The molecule has 0 aliphatic carbocycles. The van der Waals surface area contributed by atoms with Gasteiger partial charge in [-0.1, -0.05) is 24.8 Å². The summed E-state index contributed by atoms with van der Waals surface area (Å²) in [5.74, 6) is -0.116. The molecule has 0 amide bonds. The molecule has 2 aromatic carbocycles. The van der Waals surface area contributed by atoms with Crippen LogP contribution in [0.3, 0.4) is 0 Å². The van der Waals surface area contributed by atoms with Crippen LogP contribution in [0.5, 0.6) is 5.75 Å². The molecule has 0 saturated carbocycles. The molecule has 1 fully saturated rings. The van der Waals surface area contributed by atoms with E-state index in [-0.39, 0.29) is 18.0 Å². The van der Waals surface area contributed by atoms with Crippen molar-refractivity contribution in [3.8, 4) is 17.2 Å². The summed E-state index contributed by atoms with van der Waals surface area (Å²) in [6, 6.07) is 11.9. The van der Waals surface area contributed by atoms with E-state index < -0.39 is 18.1 Å². The van der Waals surface area contributed by atoms with Gasteiger partial charge in [0.1, 0.15) is 17.4 Å². The number of anilines is 1. The predicted octanol–water partition coefficient (Wildman–Crippen LogP) is 4.55. The van der Waals surface area contributed by atoms with Crippen molar-refractivity contribution in [3.05, 3.63) is 72.1 Å². The number of piperazine rings is 1. The van der Waals surface area contributed by atoms with E-state index in [0.29, 0.717) is 11.3 Å². The maximum atomic E-state index is 15.2. The molecule has 0 radical (unpaired) electrons. The van der Waals surface area contributed by atoms with Crippen LogP contribution in [0.1, 0.15) is 17.9 Å². The Hall–Kier alpha value is -3.53. The summed E-state index contributed by atoms with van der Waals surface area (Å²) in [4.78, 5) is 6.33. The Balaban J connectivity index is 1.63. The number of halogens is 3. The minimum atomic E-state index is -2.89. The highest BCUT2D eigenvalue weighted by Gasteiger charge is 2.24. The second kappa shape index (κ2) is 10.2. The van der Waals surface area contributed by atoms with Crippen LogP contribution in [0.25, 0.3) is 11.5 Å². The number of alkyl halides is 2. The van der Waals surface area contributed by atoms with Gasteiger partial charge in [0, 0.05) is 37.3 Å². The fraction of sp³-hybridized carbons (Fsp3) is 0.333. The van der Waals surface area contributed by atoms with Crippen molar-refractivity contribution < 1.29 is 22.3 Å². The predicted molar refractivity (Wildman–Crippen MR) is 122 cm³/mol. The second-order valence-electron chi connectivity index (χ2n) is 8.02. The minimum Gasteiger partial charge on any atom is -0.495 e. The van der Waals surface area contributed by atoms with Crippen LogP contribution in [0.2, 0.25) is 0 Å². The smallest absolute Gasteiger partial charge is 0.314 e. The quantitative estimate of drug-likeness (QED) is 0.476. The van der Waals surface area contributed by atoms with Crippen molar-refractivity contribution in [3.63, 3.8) is 0 Å². The summed E-state index contributed by atoms with van der Waals surface area (Å²) in [7, 11) is 3.66. The third kappa shape index (κ3) is 5.01. The van der Waals surface area contributed by atoms with E-state index in [1.807, 2.05) is 29.2 Å². The molecule has 1 saturated heterocycles. The van der Waals surface area contributed by atoms with Crippen molar-refractivity contribution in [1.29, 1.82) is 0 Å². The Morgan fingerprint density at radius 2 is 1.88 bits per heavy atom. The van der Waals surface area contributed by atoms with Gasteiger partial charge in [0.2, 0.25) is 5.89 Å². The first-order valence-electron chi connectivity index (χ1n) is 10.8.